The number of esters is 1. The van der Waals surface area contributed by atoms with Crippen molar-refractivity contribution < 1.29 is 22.7 Å². The van der Waals surface area contributed by atoms with E-state index in [1.807, 2.05) is 32.0 Å². The summed E-state index contributed by atoms with van der Waals surface area (Å²) >= 11 is 0. The number of hydrogen-bond acceptors (Lipinski definition) is 5. The van der Waals surface area contributed by atoms with Crippen LogP contribution in [0.15, 0.2) is 60.7 Å². The van der Waals surface area contributed by atoms with Crippen LogP contribution in [0.4, 0.5) is 11.4 Å². The van der Waals surface area contributed by atoms with Crippen molar-refractivity contribution in [2.75, 3.05) is 22.5 Å². The van der Waals surface area contributed by atoms with Crippen LogP contribution in [0, 0.1) is 20.8 Å². The van der Waals surface area contributed by atoms with Crippen LogP contribution in [0.3, 0.4) is 0 Å². The highest BCUT2D eigenvalue weighted by Crippen LogP contribution is 2.28. The molecule has 7 nitrogen and oxygen atoms in total. The Morgan fingerprint density at radius 2 is 1.51 bits per heavy atom. The van der Waals surface area contributed by atoms with E-state index in [4.69, 9.17) is 4.74 Å². The van der Waals surface area contributed by atoms with Gasteiger partial charge in [0, 0.05) is 11.3 Å². The molecule has 3 rings (SSSR count). The van der Waals surface area contributed by atoms with Crippen LogP contribution in [0.25, 0.3) is 0 Å². The molecule has 0 saturated carbocycles. The first-order chi connectivity index (χ1) is 16.5. The van der Waals surface area contributed by atoms with Gasteiger partial charge in [-0.1, -0.05) is 36.4 Å². The fraction of sp³-hybridized carbons (Fsp3) is 0.259. The first kappa shape index (κ1) is 26.0. The van der Waals surface area contributed by atoms with Gasteiger partial charge in [0.25, 0.3) is 5.91 Å². The minimum absolute atomic E-state index is 0.146. The number of rotatable bonds is 8. The van der Waals surface area contributed by atoms with Gasteiger partial charge in [0.1, 0.15) is 0 Å². The van der Waals surface area contributed by atoms with Gasteiger partial charge >= 0.3 is 5.97 Å². The molecule has 0 spiro atoms. The molecule has 184 valence electrons. The number of hydrogen-bond donors (Lipinski definition) is 1. The molecule has 1 amide bonds. The summed E-state index contributed by atoms with van der Waals surface area (Å²) in [5.74, 6) is -0.778. The van der Waals surface area contributed by atoms with Gasteiger partial charge in [0.05, 0.1) is 30.7 Å². The Labute approximate surface area is 206 Å². The molecular formula is C27H30N2O5S. The summed E-state index contributed by atoms with van der Waals surface area (Å²) in [5, 5.41) is 2.84. The van der Waals surface area contributed by atoms with Crippen LogP contribution in [0.1, 0.15) is 49.9 Å². The number of carbonyl (C=O) groups is 2. The van der Waals surface area contributed by atoms with Crippen molar-refractivity contribution >= 4 is 33.3 Å². The maximum Gasteiger partial charge on any atom is 0.338 e. The molecule has 1 N–H and O–H groups in total. The van der Waals surface area contributed by atoms with Gasteiger partial charge in [-0.2, -0.15) is 0 Å². The van der Waals surface area contributed by atoms with Gasteiger partial charge in [-0.3, -0.25) is 9.10 Å². The van der Waals surface area contributed by atoms with Crippen molar-refractivity contribution in [3.05, 3.63) is 94.0 Å². The largest absolute Gasteiger partial charge is 0.462 e. The van der Waals surface area contributed by atoms with E-state index >= 15 is 0 Å². The lowest BCUT2D eigenvalue weighted by Crippen LogP contribution is -2.30. The number of nitrogens with zero attached hydrogens (tertiary/aromatic N) is 1. The van der Waals surface area contributed by atoms with E-state index in [1.165, 1.54) is 10.6 Å². The Morgan fingerprint density at radius 3 is 2.09 bits per heavy atom. The first-order valence-electron chi connectivity index (χ1n) is 11.2. The molecule has 0 saturated heterocycles. The van der Waals surface area contributed by atoms with Crippen LogP contribution in [0.2, 0.25) is 0 Å². The Bertz CT molecular complexity index is 1330. The Balaban J connectivity index is 1.81. The topological polar surface area (TPSA) is 92.8 Å². The van der Waals surface area contributed by atoms with E-state index in [0.29, 0.717) is 28.1 Å². The Hall–Kier alpha value is -3.65. The lowest BCUT2D eigenvalue weighted by molar-refractivity contribution is 0.0525. The zero-order chi connectivity index (χ0) is 25.8. The molecule has 0 unspecified atom stereocenters. The molecule has 0 fully saturated rings. The average Bonchev–Trinajstić information content (AvgIpc) is 2.79. The average molecular weight is 495 g/mol. The lowest BCUT2D eigenvalue weighted by Gasteiger charge is -2.26. The van der Waals surface area contributed by atoms with Gasteiger partial charge in [-0.05, 0) is 74.2 Å². The van der Waals surface area contributed by atoms with Gasteiger partial charge in [-0.15, -0.1) is 0 Å². The number of benzene rings is 3. The number of para-hydroxylation sites is 1. The SMILES string of the molecule is CCOC(=O)c1cccc(NC(=O)c2ccc(CN(c3c(C)cccc3C)S(C)(=O)=O)cc2)c1C. The first-order valence-corrected chi connectivity index (χ1v) is 13.1. The quantitative estimate of drug-likeness (QED) is 0.445. The summed E-state index contributed by atoms with van der Waals surface area (Å²) in [6.45, 7) is 7.66. The van der Waals surface area contributed by atoms with Crippen molar-refractivity contribution in [3.8, 4) is 0 Å². The maximum absolute atomic E-state index is 12.8. The van der Waals surface area contributed by atoms with Gasteiger partial charge in [-0.25, -0.2) is 13.2 Å². The third-order valence-corrected chi connectivity index (χ3v) is 6.82. The number of nitrogens with one attached hydrogen (secondary N) is 1. The summed E-state index contributed by atoms with van der Waals surface area (Å²) in [6, 6.07) is 17.5. The predicted octanol–water partition coefficient (Wildman–Crippen LogP) is 5.01. The van der Waals surface area contributed by atoms with Crippen molar-refractivity contribution in [3.63, 3.8) is 0 Å². The second kappa shape index (κ2) is 10.7. The third-order valence-electron chi connectivity index (χ3n) is 5.71. The second-order valence-electron chi connectivity index (χ2n) is 8.36. The van der Waals surface area contributed by atoms with Crippen molar-refractivity contribution in [2.45, 2.75) is 34.2 Å². The monoisotopic (exact) mass is 494 g/mol. The number of ether oxygens (including phenoxy) is 1. The van der Waals surface area contributed by atoms with E-state index in [2.05, 4.69) is 5.32 Å². The molecule has 0 heterocycles. The fourth-order valence-electron chi connectivity index (χ4n) is 3.88. The number of aryl methyl sites for hydroxylation is 2. The molecule has 3 aromatic carbocycles. The maximum atomic E-state index is 12.8. The lowest BCUT2D eigenvalue weighted by atomic mass is 10.1. The van der Waals surface area contributed by atoms with Gasteiger partial charge < -0.3 is 10.1 Å². The Morgan fingerprint density at radius 1 is 0.914 bits per heavy atom. The van der Waals surface area contributed by atoms with Crippen LogP contribution < -0.4 is 9.62 Å². The smallest absolute Gasteiger partial charge is 0.338 e. The van der Waals surface area contributed by atoms with Crippen LogP contribution in [-0.4, -0.2) is 33.2 Å². The van der Waals surface area contributed by atoms with E-state index in [9.17, 15) is 18.0 Å². The van der Waals surface area contributed by atoms with E-state index in [1.54, 1.807) is 56.3 Å². The molecule has 0 atom stereocenters. The Kier molecular flexibility index (Phi) is 7.96. The zero-order valence-corrected chi connectivity index (χ0v) is 21.4. The zero-order valence-electron chi connectivity index (χ0n) is 20.6. The van der Waals surface area contributed by atoms with Gasteiger partial charge in [0.2, 0.25) is 10.0 Å². The summed E-state index contributed by atoms with van der Waals surface area (Å²) in [6.07, 6.45) is 1.19. The molecular weight excluding hydrogens is 464 g/mol. The minimum Gasteiger partial charge on any atom is -0.462 e. The van der Waals surface area contributed by atoms with Gasteiger partial charge in [0.15, 0.2) is 0 Å². The molecule has 35 heavy (non-hydrogen) atoms. The molecule has 0 radical (unpaired) electrons. The number of carbonyl (C=O) groups excluding carboxylic acids is 2. The second-order valence-corrected chi connectivity index (χ2v) is 10.3. The molecule has 0 aliphatic carbocycles. The molecule has 8 heteroatoms. The number of amides is 1. The molecule has 0 aliphatic heterocycles. The molecule has 0 aliphatic rings. The van der Waals surface area contributed by atoms with E-state index < -0.39 is 16.0 Å². The summed E-state index contributed by atoms with van der Waals surface area (Å²) in [4.78, 5) is 25.0. The van der Waals surface area contributed by atoms with Crippen molar-refractivity contribution in [2.24, 2.45) is 0 Å². The highest BCUT2D eigenvalue weighted by molar-refractivity contribution is 7.92. The minimum atomic E-state index is -3.53. The van der Waals surface area contributed by atoms with Crippen molar-refractivity contribution in [1.29, 1.82) is 0 Å². The molecule has 0 aromatic heterocycles. The van der Waals surface area contributed by atoms with E-state index in [0.717, 1.165) is 16.7 Å². The molecule has 0 bridgehead atoms. The van der Waals surface area contributed by atoms with Crippen LogP contribution in [0.5, 0.6) is 0 Å². The number of anilines is 2. The van der Waals surface area contributed by atoms with Crippen LogP contribution in [-0.2, 0) is 21.3 Å². The van der Waals surface area contributed by atoms with Crippen molar-refractivity contribution in [1.82, 2.24) is 0 Å². The summed E-state index contributed by atoms with van der Waals surface area (Å²) < 4.78 is 31.6. The number of sulfonamides is 1. The third kappa shape index (κ3) is 6.08. The highest BCUT2D eigenvalue weighted by atomic mass is 32.2. The predicted molar refractivity (Wildman–Crippen MR) is 138 cm³/mol. The van der Waals surface area contributed by atoms with E-state index in [-0.39, 0.29) is 19.1 Å². The highest BCUT2D eigenvalue weighted by Gasteiger charge is 2.22. The van der Waals surface area contributed by atoms with Crippen LogP contribution >= 0.6 is 0 Å². The molecule has 3 aromatic rings. The fourth-order valence-corrected chi connectivity index (χ4v) is 4.89. The normalized spacial score (nSPS) is 11.1. The summed E-state index contributed by atoms with van der Waals surface area (Å²) in [5.41, 5.74) is 5.08. The summed E-state index contributed by atoms with van der Waals surface area (Å²) in [7, 11) is -3.53. The standard InChI is InChI=1S/C27H30N2O5S/c1-6-34-27(31)23-11-8-12-24(20(23)4)28-26(30)22-15-13-21(14-16-22)17-29(35(5,32)33)25-18(2)9-7-10-19(25)3/h7-16H,6,17H2,1-5H3,(H,28,30).